The molecule has 1 aromatic heterocycles. The van der Waals surface area contributed by atoms with E-state index in [0.29, 0.717) is 23.9 Å². The van der Waals surface area contributed by atoms with Crippen molar-refractivity contribution in [2.24, 2.45) is 0 Å². The third kappa shape index (κ3) is 3.85. The van der Waals surface area contributed by atoms with Crippen LogP contribution < -0.4 is 14.8 Å². The van der Waals surface area contributed by atoms with Gasteiger partial charge in [0, 0.05) is 6.54 Å². The minimum absolute atomic E-state index is 0.0783. The Morgan fingerprint density at radius 3 is 2.50 bits per heavy atom. The van der Waals surface area contributed by atoms with Crippen molar-refractivity contribution < 1.29 is 19.4 Å². The lowest BCUT2D eigenvalue weighted by Gasteiger charge is -2.10. The summed E-state index contributed by atoms with van der Waals surface area (Å²) >= 11 is 0. The zero-order valence-electron chi connectivity index (χ0n) is 12.4. The van der Waals surface area contributed by atoms with Crippen LogP contribution in [0.15, 0.2) is 30.3 Å². The molecule has 0 bridgehead atoms. The number of rotatable bonds is 7. The van der Waals surface area contributed by atoms with E-state index >= 15 is 0 Å². The van der Waals surface area contributed by atoms with E-state index in [2.05, 4.69) is 15.5 Å². The number of carboxylic acid groups (broad SMARTS) is 1. The molecule has 0 aliphatic rings. The first-order valence-electron chi connectivity index (χ1n) is 6.66. The zero-order chi connectivity index (χ0) is 15.9. The van der Waals surface area contributed by atoms with Crippen molar-refractivity contribution in [1.29, 1.82) is 0 Å². The first kappa shape index (κ1) is 15.6. The molecule has 0 amide bonds. The van der Waals surface area contributed by atoms with Crippen LogP contribution in [0.4, 0.5) is 5.82 Å². The summed E-state index contributed by atoms with van der Waals surface area (Å²) in [5.74, 6) is 0.815. The second-order valence-corrected chi connectivity index (χ2v) is 4.48. The molecule has 7 heteroatoms. The lowest BCUT2D eigenvalue weighted by atomic mass is 10.1. The van der Waals surface area contributed by atoms with Crippen LogP contribution in [-0.2, 0) is 6.42 Å². The number of hydrogen-bond acceptors (Lipinski definition) is 6. The smallest absolute Gasteiger partial charge is 0.356 e. The molecule has 7 nitrogen and oxygen atoms in total. The standard InChI is InChI=1S/C15H17N3O4/c1-21-12-5-3-10(9-13(12)22-2)7-8-16-14-6-4-11(15(19)20)17-18-14/h3-6,9H,7-8H2,1-2H3,(H,16,18)(H,19,20). The SMILES string of the molecule is COc1ccc(CCNc2ccc(C(=O)O)nn2)cc1OC. The average molecular weight is 303 g/mol. The topological polar surface area (TPSA) is 93.6 Å². The van der Waals surface area contributed by atoms with Crippen LogP contribution in [0.1, 0.15) is 16.1 Å². The van der Waals surface area contributed by atoms with Crippen molar-refractivity contribution in [1.82, 2.24) is 10.2 Å². The molecule has 22 heavy (non-hydrogen) atoms. The normalized spacial score (nSPS) is 10.1. The van der Waals surface area contributed by atoms with E-state index in [1.165, 1.54) is 6.07 Å². The maximum Gasteiger partial charge on any atom is 0.356 e. The van der Waals surface area contributed by atoms with Crippen LogP contribution in [0.25, 0.3) is 0 Å². The van der Waals surface area contributed by atoms with Gasteiger partial charge < -0.3 is 19.9 Å². The van der Waals surface area contributed by atoms with Crippen LogP contribution >= 0.6 is 0 Å². The highest BCUT2D eigenvalue weighted by atomic mass is 16.5. The minimum atomic E-state index is -1.09. The molecule has 2 aromatic rings. The second-order valence-electron chi connectivity index (χ2n) is 4.48. The first-order chi connectivity index (χ1) is 10.6. The molecule has 1 aromatic carbocycles. The van der Waals surface area contributed by atoms with Gasteiger partial charge in [0.1, 0.15) is 5.82 Å². The fraction of sp³-hybridized carbons (Fsp3) is 0.267. The Morgan fingerprint density at radius 1 is 1.14 bits per heavy atom. The molecule has 116 valence electrons. The molecule has 1 heterocycles. The number of aromatic nitrogens is 2. The van der Waals surface area contributed by atoms with Crippen molar-refractivity contribution in [3.8, 4) is 11.5 Å². The number of ether oxygens (including phenoxy) is 2. The highest BCUT2D eigenvalue weighted by molar-refractivity contribution is 5.85. The Balaban J connectivity index is 1.92. The molecular formula is C15H17N3O4. The summed E-state index contributed by atoms with van der Waals surface area (Å²) in [6.45, 7) is 0.635. The van der Waals surface area contributed by atoms with Gasteiger partial charge in [0.05, 0.1) is 14.2 Å². The summed E-state index contributed by atoms with van der Waals surface area (Å²) in [6.07, 6.45) is 0.753. The lowest BCUT2D eigenvalue weighted by molar-refractivity contribution is 0.0689. The van der Waals surface area contributed by atoms with E-state index in [1.54, 1.807) is 20.3 Å². The van der Waals surface area contributed by atoms with E-state index in [1.807, 2.05) is 18.2 Å². The number of aromatic carboxylic acids is 1. The van der Waals surface area contributed by atoms with Gasteiger partial charge in [-0.25, -0.2) is 4.79 Å². The summed E-state index contributed by atoms with van der Waals surface area (Å²) < 4.78 is 10.4. The van der Waals surface area contributed by atoms with Gasteiger partial charge in [-0.1, -0.05) is 6.07 Å². The van der Waals surface area contributed by atoms with Crippen LogP contribution in [0.2, 0.25) is 0 Å². The van der Waals surface area contributed by atoms with Gasteiger partial charge in [-0.05, 0) is 36.2 Å². The van der Waals surface area contributed by atoms with Gasteiger partial charge in [-0.3, -0.25) is 0 Å². The monoisotopic (exact) mass is 303 g/mol. The third-order valence-corrected chi connectivity index (χ3v) is 3.05. The van der Waals surface area contributed by atoms with Crippen LogP contribution in [0.5, 0.6) is 11.5 Å². The summed E-state index contributed by atoms with van der Waals surface area (Å²) in [6, 6.07) is 8.73. The van der Waals surface area contributed by atoms with Crippen LogP contribution in [0.3, 0.4) is 0 Å². The molecule has 0 unspecified atom stereocenters. The number of nitrogens with one attached hydrogen (secondary N) is 1. The van der Waals surface area contributed by atoms with Gasteiger partial charge in [-0.2, -0.15) is 0 Å². The summed E-state index contributed by atoms with van der Waals surface area (Å²) in [4.78, 5) is 10.7. The molecule has 2 rings (SSSR count). The largest absolute Gasteiger partial charge is 0.493 e. The number of carbonyl (C=O) groups is 1. The predicted octanol–water partition coefficient (Wildman–Crippen LogP) is 1.85. The summed E-state index contributed by atoms with van der Waals surface area (Å²) in [5.41, 5.74) is 1.01. The molecule has 0 spiro atoms. The summed E-state index contributed by atoms with van der Waals surface area (Å²) in [7, 11) is 3.19. The van der Waals surface area contributed by atoms with Gasteiger partial charge in [0.2, 0.25) is 0 Å². The third-order valence-electron chi connectivity index (χ3n) is 3.05. The lowest BCUT2D eigenvalue weighted by Crippen LogP contribution is -2.09. The fourth-order valence-electron chi connectivity index (χ4n) is 1.91. The zero-order valence-corrected chi connectivity index (χ0v) is 12.4. The van der Waals surface area contributed by atoms with Gasteiger partial charge in [-0.15, -0.1) is 10.2 Å². The molecule has 0 aliphatic carbocycles. The molecule has 0 saturated carbocycles. The predicted molar refractivity (Wildman–Crippen MR) is 80.7 cm³/mol. The van der Waals surface area contributed by atoms with Crippen LogP contribution in [0, 0.1) is 0 Å². The van der Waals surface area contributed by atoms with Crippen molar-refractivity contribution in [2.45, 2.75) is 6.42 Å². The molecule has 0 radical (unpaired) electrons. The first-order valence-corrected chi connectivity index (χ1v) is 6.66. The Bertz CT molecular complexity index is 644. The van der Waals surface area contributed by atoms with Crippen molar-refractivity contribution in [3.63, 3.8) is 0 Å². The Hall–Kier alpha value is -2.83. The van der Waals surface area contributed by atoms with E-state index < -0.39 is 5.97 Å². The number of benzene rings is 1. The number of anilines is 1. The van der Waals surface area contributed by atoms with Crippen molar-refractivity contribution in [2.75, 3.05) is 26.1 Å². The molecule has 0 aliphatic heterocycles. The van der Waals surface area contributed by atoms with Crippen molar-refractivity contribution >= 4 is 11.8 Å². The second kappa shape index (κ2) is 7.26. The number of methoxy groups -OCH3 is 2. The molecule has 0 fully saturated rings. The van der Waals surface area contributed by atoms with E-state index in [0.717, 1.165) is 12.0 Å². The molecule has 0 saturated heterocycles. The quantitative estimate of drug-likeness (QED) is 0.806. The maximum atomic E-state index is 10.7. The molecule has 0 atom stereocenters. The van der Waals surface area contributed by atoms with E-state index in [9.17, 15) is 4.79 Å². The van der Waals surface area contributed by atoms with Gasteiger partial charge in [0.25, 0.3) is 0 Å². The number of hydrogen-bond donors (Lipinski definition) is 2. The Morgan fingerprint density at radius 2 is 1.91 bits per heavy atom. The van der Waals surface area contributed by atoms with Gasteiger partial charge in [0.15, 0.2) is 17.2 Å². The maximum absolute atomic E-state index is 10.7. The van der Waals surface area contributed by atoms with E-state index in [-0.39, 0.29) is 5.69 Å². The Labute approximate surface area is 127 Å². The van der Waals surface area contributed by atoms with Crippen LogP contribution in [-0.4, -0.2) is 42.0 Å². The molecule has 2 N–H and O–H groups in total. The summed E-state index contributed by atoms with van der Waals surface area (Å²) in [5, 5.41) is 19.2. The van der Waals surface area contributed by atoms with Gasteiger partial charge >= 0.3 is 5.97 Å². The Kier molecular flexibility index (Phi) is 5.13. The van der Waals surface area contributed by atoms with Crippen molar-refractivity contribution in [3.05, 3.63) is 41.6 Å². The average Bonchev–Trinajstić information content (AvgIpc) is 2.55. The highest BCUT2D eigenvalue weighted by Gasteiger charge is 2.06. The fourth-order valence-corrected chi connectivity index (χ4v) is 1.91. The molecular weight excluding hydrogens is 286 g/mol. The minimum Gasteiger partial charge on any atom is -0.493 e. The highest BCUT2D eigenvalue weighted by Crippen LogP contribution is 2.27. The van der Waals surface area contributed by atoms with E-state index in [4.69, 9.17) is 14.6 Å². The number of nitrogens with zero attached hydrogens (tertiary/aromatic N) is 2. The number of carboxylic acids is 1.